The summed E-state index contributed by atoms with van der Waals surface area (Å²) in [6.45, 7) is 11.8. The second-order valence-electron chi connectivity index (χ2n) is 7.96. The number of thiazole rings is 1. The van der Waals surface area contributed by atoms with E-state index in [9.17, 15) is 4.79 Å². The molecule has 0 bridgehead atoms. The van der Waals surface area contributed by atoms with E-state index in [1.54, 1.807) is 11.3 Å². The highest BCUT2D eigenvalue weighted by atomic mass is 127. The third-order valence-corrected chi connectivity index (χ3v) is 7.63. The SMILES string of the molecule is Cc1cccc(C(=O)N=c2sc(C(C)(C)C)c(C)n2CC2CC2)c1I. The van der Waals surface area contributed by atoms with E-state index in [0.717, 1.165) is 26.4 Å². The average Bonchev–Trinajstić information content (AvgIpc) is 3.28. The van der Waals surface area contributed by atoms with Crippen LogP contribution in [-0.4, -0.2) is 10.5 Å². The van der Waals surface area contributed by atoms with Gasteiger partial charge in [-0.1, -0.05) is 32.9 Å². The Morgan fingerprint density at radius 2 is 2.00 bits per heavy atom. The van der Waals surface area contributed by atoms with E-state index in [1.165, 1.54) is 23.4 Å². The van der Waals surface area contributed by atoms with Crippen molar-refractivity contribution in [2.75, 3.05) is 0 Å². The van der Waals surface area contributed by atoms with Gasteiger partial charge in [-0.05, 0) is 72.2 Å². The fourth-order valence-electron chi connectivity index (χ4n) is 3.00. The number of benzene rings is 1. The molecule has 25 heavy (non-hydrogen) atoms. The Morgan fingerprint density at radius 1 is 1.32 bits per heavy atom. The minimum absolute atomic E-state index is 0.0641. The number of hydrogen-bond donors (Lipinski definition) is 0. The second-order valence-corrected chi connectivity index (χ2v) is 10.0. The summed E-state index contributed by atoms with van der Waals surface area (Å²) in [6.07, 6.45) is 2.58. The molecule has 3 nitrogen and oxygen atoms in total. The third kappa shape index (κ3) is 4.08. The number of aromatic nitrogens is 1. The van der Waals surface area contributed by atoms with E-state index in [-0.39, 0.29) is 11.3 Å². The molecule has 134 valence electrons. The van der Waals surface area contributed by atoms with E-state index >= 15 is 0 Å². The first-order chi connectivity index (χ1) is 11.7. The van der Waals surface area contributed by atoms with Crippen LogP contribution in [0.15, 0.2) is 23.2 Å². The Labute approximate surface area is 167 Å². The van der Waals surface area contributed by atoms with Crippen molar-refractivity contribution in [3.05, 3.63) is 48.3 Å². The molecule has 1 aliphatic rings. The summed E-state index contributed by atoms with van der Waals surface area (Å²) in [5, 5.41) is 0. The summed E-state index contributed by atoms with van der Waals surface area (Å²) in [4.78, 5) is 19.5. The van der Waals surface area contributed by atoms with Crippen molar-refractivity contribution in [3.63, 3.8) is 0 Å². The number of carbonyl (C=O) groups excluding carboxylic acids is 1. The van der Waals surface area contributed by atoms with Gasteiger partial charge in [0, 0.05) is 20.7 Å². The Kier molecular flexibility index (Phi) is 5.26. The van der Waals surface area contributed by atoms with Crippen molar-refractivity contribution in [2.24, 2.45) is 10.9 Å². The van der Waals surface area contributed by atoms with Crippen LogP contribution in [0.2, 0.25) is 0 Å². The van der Waals surface area contributed by atoms with Crippen molar-refractivity contribution in [1.82, 2.24) is 4.57 Å². The van der Waals surface area contributed by atoms with E-state index < -0.39 is 0 Å². The standard InChI is InChI=1S/C20H25IN2OS/c1-12-7-6-8-15(16(12)21)18(24)22-19-23(11-14-9-10-14)13(2)17(25-19)20(3,4)5/h6-8,14H,9-11H2,1-5H3. The van der Waals surface area contributed by atoms with Gasteiger partial charge in [-0.25, -0.2) is 0 Å². The number of carbonyl (C=O) groups is 1. The average molecular weight is 468 g/mol. The topological polar surface area (TPSA) is 34.4 Å². The number of nitrogens with zero attached hydrogens (tertiary/aromatic N) is 2. The lowest BCUT2D eigenvalue weighted by atomic mass is 9.93. The molecule has 0 N–H and O–H groups in total. The highest BCUT2D eigenvalue weighted by Gasteiger charge is 2.27. The molecule has 0 radical (unpaired) electrons. The van der Waals surface area contributed by atoms with Crippen LogP contribution in [-0.2, 0) is 12.0 Å². The Morgan fingerprint density at radius 3 is 2.60 bits per heavy atom. The molecular weight excluding hydrogens is 443 g/mol. The van der Waals surface area contributed by atoms with Crippen LogP contribution in [0, 0.1) is 23.3 Å². The fraction of sp³-hybridized carbons (Fsp3) is 0.500. The van der Waals surface area contributed by atoms with Crippen molar-refractivity contribution in [2.45, 2.75) is 59.4 Å². The molecule has 1 aromatic carbocycles. The van der Waals surface area contributed by atoms with Crippen LogP contribution in [0.5, 0.6) is 0 Å². The van der Waals surface area contributed by atoms with Crippen LogP contribution >= 0.6 is 33.9 Å². The van der Waals surface area contributed by atoms with Crippen molar-refractivity contribution < 1.29 is 4.79 Å². The molecule has 1 amide bonds. The van der Waals surface area contributed by atoms with Gasteiger partial charge in [0.05, 0.1) is 5.56 Å². The first kappa shape index (κ1) is 18.8. The lowest BCUT2D eigenvalue weighted by molar-refractivity contribution is 0.0996. The van der Waals surface area contributed by atoms with Gasteiger partial charge in [-0.15, -0.1) is 11.3 Å². The highest BCUT2D eigenvalue weighted by molar-refractivity contribution is 14.1. The Bertz CT molecular complexity index is 882. The minimum atomic E-state index is -0.139. The van der Waals surface area contributed by atoms with Crippen LogP contribution in [0.4, 0.5) is 0 Å². The number of hydrogen-bond acceptors (Lipinski definition) is 2. The number of halogens is 1. The maximum atomic E-state index is 12.8. The van der Waals surface area contributed by atoms with Crippen LogP contribution in [0.25, 0.3) is 0 Å². The fourth-order valence-corrected chi connectivity index (χ4v) is 4.79. The monoisotopic (exact) mass is 468 g/mol. The summed E-state index contributed by atoms with van der Waals surface area (Å²) >= 11 is 3.91. The summed E-state index contributed by atoms with van der Waals surface area (Å²) in [5.74, 6) is 0.605. The largest absolute Gasteiger partial charge is 0.320 e. The molecule has 5 heteroatoms. The molecule has 0 saturated heterocycles. The number of aryl methyl sites for hydroxylation is 1. The summed E-state index contributed by atoms with van der Waals surface area (Å²) in [6, 6.07) is 5.83. The molecule has 1 heterocycles. The lowest BCUT2D eigenvalue weighted by Gasteiger charge is -2.17. The normalized spacial score (nSPS) is 15.7. The summed E-state index contributed by atoms with van der Waals surface area (Å²) in [7, 11) is 0. The molecule has 2 aromatic rings. The Hall–Kier alpha value is -0.950. The first-order valence-corrected chi connectivity index (χ1v) is 10.6. The predicted octanol–water partition coefficient (Wildman–Crippen LogP) is 5.22. The van der Waals surface area contributed by atoms with Crippen molar-refractivity contribution in [3.8, 4) is 0 Å². The lowest BCUT2D eigenvalue weighted by Crippen LogP contribution is -2.20. The van der Waals surface area contributed by atoms with E-state index in [4.69, 9.17) is 0 Å². The maximum absolute atomic E-state index is 12.8. The second kappa shape index (κ2) is 6.99. The van der Waals surface area contributed by atoms with Crippen LogP contribution < -0.4 is 4.80 Å². The summed E-state index contributed by atoms with van der Waals surface area (Å²) < 4.78 is 3.26. The van der Waals surface area contributed by atoms with Gasteiger partial charge in [0.1, 0.15) is 0 Å². The quantitative estimate of drug-likeness (QED) is 0.569. The molecule has 0 spiro atoms. The van der Waals surface area contributed by atoms with Gasteiger partial charge >= 0.3 is 0 Å². The zero-order valence-corrected chi connectivity index (χ0v) is 18.5. The van der Waals surface area contributed by atoms with Gasteiger partial charge in [-0.3, -0.25) is 4.79 Å². The number of amides is 1. The molecule has 0 atom stereocenters. The minimum Gasteiger partial charge on any atom is -0.320 e. The molecule has 0 unspecified atom stereocenters. The number of rotatable bonds is 3. The molecule has 3 rings (SSSR count). The molecular formula is C20H25IN2OS. The van der Waals surface area contributed by atoms with Gasteiger partial charge in [0.2, 0.25) is 0 Å². The molecule has 1 fully saturated rings. The van der Waals surface area contributed by atoms with Gasteiger partial charge in [0.15, 0.2) is 4.80 Å². The molecule has 0 aliphatic heterocycles. The van der Waals surface area contributed by atoms with Crippen molar-refractivity contribution in [1.29, 1.82) is 0 Å². The van der Waals surface area contributed by atoms with E-state index in [1.807, 2.05) is 25.1 Å². The highest BCUT2D eigenvalue weighted by Crippen LogP contribution is 2.33. The zero-order chi connectivity index (χ0) is 18.4. The van der Waals surface area contributed by atoms with Crippen molar-refractivity contribution >= 4 is 39.8 Å². The first-order valence-electron chi connectivity index (χ1n) is 8.73. The van der Waals surface area contributed by atoms with Gasteiger partial charge < -0.3 is 4.57 Å². The molecule has 1 aliphatic carbocycles. The summed E-state index contributed by atoms with van der Waals surface area (Å²) in [5.41, 5.74) is 3.14. The van der Waals surface area contributed by atoms with Crippen LogP contribution in [0.1, 0.15) is 60.1 Å². The Balaban J connectivity index is 2.09. The third-order valence-electron chi connectivity index (χ3n) is 4.60. The van der Waals surface area contributed by atoms with E-state index in [0.29, 0.717) is 5.56 Å². The predicted molar refractivity (Wildman–Crippen MR) is 112 cm³/mol. The zero-order valence-electron chi connectivity index (χ0n) is 15.5. The van der Waals surface area contributed by atoms with Gasteiger partial charge in [0.25, 0.3) is 5.91 Å². The molecule has 1 saturated carbocycles. The smallest absolute Gasteiger partial charge is 0.280 e. The molecule has 1 aromatic heterocycles. The maximum Gasteiger partial charge on any atom is 0.280 e. The van der Waals surface area contributed by atoms with Gasteiger partial charge in [-0.2, -0.15) is 4.99 Å². The van der Waals surface area contributed by atoms with Crippen LogP contribution in [0.3, 0.4) is 0 Å². The van der Waals surface area contributed by atoms with E-state index in [2.05, 4.69) is 59.8 Å².